The molecule has 0 aliphatic carbocycles. The van der Waals surface area contributed by atoms with E-state index in [1.807, 2.05) is 42.5 Å². The molecule has 0 aromatic heterocycles. The summed E-state index contributed by atoms with van der Waals surface area (Å²) >= 11 is 0. The number of rotatable bonds is 4. The van der Waals surface area contributed by atoms with Gasteiger partial charge >= 0.3 is 0 Å². The van der Waals surface area contributed by atoms with E-state index in [9.17, 15) is 0 Å². The number of hydrogen-bond acceptors (Lipinski definition) is 3. The first-order valence-electron chi connectivity index (χ1n) is 6.79. The van der Waals surface area contributed by atoms with E-state index < -0.39 is 0 Å². The van der Waals surface area contributed by atoms with Crippen LogP contribution in [0.15, 0.2) is 55.1 Å². The van der Waals surface area contributed by atoms with E-state index in [4.69, 9.17) is 14.2 Å². The molecule has 0 N–H and O–H groups in total. The van der Waals surface area contributed by atoms with Crippen LogP contribution in [-0.4, -0.2) is 20.8 Å². The summed E-state index contributed by atoms with van der Waals surface area (Å²) in [5.74, 6) is 1.77. The molecule has 0 saturated carbocycles. The maximum absolute atomic E-state index is 5.14. The molecule has 0 bridgehead atoms. The Morgan fingerprint density at radius 2 is 1.67 bits per heavy atom. The molecule has 3 heteroatoms. The summed E-state index contributed by atoms with van der Waals surface area (Å²) in [5.41, 5.74) is 2.30. The summed E-state index contributed by atoms with van der Waals surface area (Å²) < 4.78 is 15.2. The fourth-order valence-corrected chi connectivity index (χ4v) is 1.85. The summed E-state index contributed by atoms with van der Waals surface area (Å²) in [6.07, 6.45) is 2.12. The first-order chi connectivity index (χ1) is 10.3. The average molecular weight is 284 g/mol. The molecule has 1 saturated heterocycles. The van der Waals surface area contributed by atoms with Crippen LogP contribution in [0.4, 0.5) is 0 Å². The van der Waals surface area contributed by atoms with Gasteiger partial charge in [0.15, 0.2) is 0 Å². The van der Waals surface area contributed by atoms with Crippen LogP contribution in [0.25, 0.3) is 6.08 Å². The quantitative estimate of drug-likeness (QED) is 0.792. The lowest BCUT2D eigenvalue weighted by Crippen LogP contribution is -1.84. The van der Waals surface area contributed by atoms with Crippen molar-refractivity contribution in [3.05, 3.63) is 66.2 Å². The zero-order valence-electron chi connectivity index (χ0n) is 12.4. The summed E-state index contributed by atoms with van der Waals surface area (Å²) in [5, 5.41) is 0. The Balaban J connectivity index is 0.000000155. The molecule has 0 amide bonds. The SMILES string of the molecule is C=Cc1cccc(OC)c1.COc1cccc(C2CO2)c1. The lowest BCUT2D eigenvalue weighted by Gasteiger charge is -2.00. The first-order valence-corrected chi connectivity index (χ1v) is 6.79. The van der Waals surface area contributed by atoms with Gasteiger partial charge in [0, 0.05) is 0 Å². The summed E-state index contributed by atoms with van der Waals surface area (Å²) in [7, 11) is 3.33. The molecule has 3 nitrogen and oxygen atoms in total. The number of methoxy groups -OCH3 is 2. The standard InChI is InChI=1S/C9H10O2.C9H10O/c1-10-8-4-2-3-7(5-8)9-6-11-9;1-3-8-5-4-6-9(7-8)10-2/h2-5,9H,6H2,1H3;3-7H,1H2,2H3. The summed E-state index contributed by atoms with van der Waals surface area (Å²) in [4.78, 5) is 0. The largest absolute Gasteiger partial charge is 0.497 e. The third kappa shape index (κ3) is 4.65. The molecule has 0 spiro atoms. The predicted octanol–water partition coefficient (Wildman–Crippen LogP) is 4.10. The normalized spacial score (nSPS) is 15.4. The minimum atomic E-state index is 0.324. The van der Waals surface area contributed by atoms with Crippen LogP contribution in [0, 0.1) is 0 Å². The number of epoxide rings is 1. The lowest BCUT2D eigenvalue weighted by atomic mass is 10.1. The van der Waals surface area contributed by atoms with E-state index in [0.717, 1.165) is 23.7 Å². The van der Waals surface area contributed by atoms with Crippen LogP contribution in [0.2, 0.25) is 0 Å². The number of benzene rings is 2. The van der Waals surface area contributed by atoms with Crippen LogP contribution < -0.4 is 9.47 Å². The Labute approximate surface area is 125 Å². The minimum Gasteiger partial charge on any atom is -0.497 e. The van der Waals surface area contributed by atoms with Gasteiger partial charge in [0.1, 0.15) is 17.6 Å². The number of ether oxygens (including phenoxy) is 3. The van der Waals surface area contributed by atoms with Crippen molar-refractivity contribution in [2.24, 2.45) is 0 Å². The molecule has 110 valence electrons. The minimum absolute atomic E-state index is 0.324. The van der Waals surface area contributed by atoms with E-state index >= 15 is 0 Å². The second-order valence-electron chi connectivity index (χ2n) is 4.58. The predicted molar refractivity (Wildman–Crippen MR) is 84.8 cm³/mol. The van der Waals surface area contributed by atoms with E-state index in [-0.39, 0.29) is 0 Å². The highest BCUT2D eigenvalue weighted by Crippen LogP contribution is 2.31. The van der Waals surface area contributed by atoms with Gasteiger partial charge in [-0.15, -0.1) is 0 Å². The molecular formula is C18H20O3. The smallest absolute Gasteiger partial charge is 0.119 e. The molecule has 1 aliphatic rings. The van der Waals surface area contributed by atoms with Crippen LogP contribution in [-0.2, 0) is 4.74 Å². The molecule has 1 heterocycles. The third-order valence-electron chi connectivity index (χ3n) is 3.13. The van der Waals surface area contributed by atoms with Gasteiger partial charge in [-0.3, -0.25) is 0 Å². The monoisotopic (exact) mass is 284 g/mol. The molecule has 1 aliphatic heterocycles. The second kappa shape index (κ2) is 7.50. The van der Waals surface area contributed by atoms with Crippen molar-refractivity contribution in [1.29, 1.82) is 0 Å². The Kier molecular flexibility index (Phi) is 5.41. The highest BCUT2D eigenvalue weighted by atomic mass is 16.6. The first kappa shape index (κ1) is 15.1. The molecule has 2 aromatic carbocycles. The van der Waals surface area contributed by atoms with Crippen molar-refractivity contribution in [3.8, 4) is 11.5 Å². The molecular weight excluding hydrogens is 264 g/mol. The van der Waals surface area contributed by atoms with E-state index in [1.165, 1.54) is 5.56 Å². The second-order valence-corrected chi connectivity index (χ2v) is 4.58. The zero-order chi connectivity index (χ0) is 15.1. The van der Waals surface area contributed by atoms with Crippen molar-refractivity contribution >= 4 is 6.08 Å². The topological polar surface area (TPSA) is 31.0 Å². The van der Waals surface area contributed by atoms with Gasteiger partial charge in [-0.1, -0.05) is 36.9 Å². The van der Waals surface area contributed by atoms with Crippen molar-refractivity contribution in [2.45, 2.75) is 6.10 Å². The molecule has 21 heavy (non-hydrogen) atoms. The van der Waals surface area contributed by atoms with E-state index in [1.54, 1.807) is 20.3 Å². The molecule has 2 aromatic rings. The fraction of sp³-hybridized carbons (Fsp3) is 0.222. The van der Waals surface area contributed by atoms with Gasteiger partial charge in [0.25, 0.3) is 0 Å². The van der Waals surface area contributed by atoms with Gasteiger partial charge < -0.3 is 14.2 Å². The third-order valence-corrected chi connectivity index (χ3v) is 3.13. The molecule has 3 rings (SSSR count). The average Bonchev–Trinajstić information content (AvgIpc) is 3.40. The summed E-state index contributed by atoms with van der Waals surface area (Å²) in [6.45, 7) is 4.51. The van der Waals surface area contributed by atoms with E-state index in [2.05, 4.69) is 12.6 Å². The van der Waals surface area contributed by atoms with Crippen LogP contribution in [0.5, 0.6) is 11.5 Å². The Morgan fingerprint density at radius 3 is 2.24 bits per heavy atom. The maximum Gasteiger partial charge on any atom is 0.119 e. The molecule has 1 unspecified atom stereocenters. The highest BCUT2D eigenvalue weighted by molar-refractivity contribution is 5.49. The van der Waals surface area contributed by atoms with Gasteiger partial charge in [-0.2, -0.15) is 0 Å². The lowest BCUT2D eigenvalue weighted by molar-refractivity contribution is 0.404. The molecule has 0 radical (unpaired) electrons. The Morgan fingerprint density at radius 1 is 1.05 bits per heavy atom. The van der Waals surface area contributed by atoms with Crippen LogP contribution in [0.1, 0.15) is 17.2 Å². The van der Waals surface area contributed by atoms with Gasteiger partial charge in [-0.25, -0.2) is 0 Å². The highest BCUT2D eigenvalue weighted by Gasteiger charge is 2.24. The zero-order valence-corrected chi connectivity index (χ0v) is 12.4. The molecule has 1 atom stereocenters. The van der Waals surface area contributed by atoms with Gasteiger partial charge in [0.05, 0.1) is 20.8 Å². The van der Waals surface area contributed by atoms with E-state index in [0.29, 0.717) is 6.10 Å². The van der Waals surface area contributed by atoms with Crippen molar-refractivity contribution < 1.29 is 14.2 Å². The van der Waals surface area contributed by atoms with Crippen molar-refractivity contribution in [3.63, 3.8) is 0 Å². The van der Waals surface area contributed by atoms with Crippen LogP contribution >= 0.6 is 0 Å². The van der Waals surface area contributed by atoms with Gasteiger partial charge in [0.2, 0.25) is 0 Å². The van der Waals surface area contributed by atoms with Crippen molar-refractivity contribution in [2.75, 3.05) is 20.8 Å². The van der Waals surface area contributed by atoms with Crippen molar-refractivity contribution in [1.82, 2.24) is 0 Å². The maximum atomic E-state index is 5.14. The van der Waals surface area contributed by atoms with Crippen LogP contribution in [0.3, 0.4) is 0 Å². The summed E-state index contributed by atoms with van der Waals surface area (Å²) in [6, 6.07) is 15.8. The Bertz CT molecular complexity index is 589. The number of hydrogen-bond donors (Lipinski definition) is 0. The Hall–Kier alpha value is -2.26. The fourth-order valence-electron chi connectivity index (χ4n) is 1.85. The van der Waals surface area contributed by atoms with Gasteiger partial charge in [-0.05, 0) is 35.4 Å². The molecule has 1 fully saturated rings.